The number of rotatable bonds is 2. The van der Waals surface area contributed by atoms with E-state index in [9.17, 15) is 0 Å². The van der Waals surface area contributed by atoms with Crippen LogP contribution in [-0.4, -0.2) is 6.10 Å². The van der Waals surface area contributed by atoms with Gasteiger partial charge in [0.15, 0.2) is 0 Å². The van der Waals surface area contributed by atoms with Gasteiger partial charge in [-0.3, -0.25) is 0 Å². The fourth-order valence-electron chi connectivity index (χ4n) is 2.53. The summed E-state index contributed by atoms with van der Waals surface area (Å²) in [5.41, 5.74) is 9.86. The van der Waals surface area contributed by atoms with Crippen LogP contribution in [0.1, 0.15) is 29.7 Å². The highest BCUT2D eigenvalue weighted by Crippen LogP contribution is 2.32. The fourth-order valence-corrected chi connectivity index (χ4v) is 2.94. The third-order valence-corrected chi connectivity index (χ3v) is 3.98. The zero-order chi connectivity index (χ0) is 13.4. The molecule has 0 saturated carbocycles. The van der Waals surface area contributed by atoms with Crippen molar-refractivity contribution in [2.75, 3.05) is 0 Å². The van der Waals surface area contributed by atoms with Gasteiger partial charge in [-0.25, -0.2) is 0 Å². The van der Waals surface area contributed by atoms with Crippen LogP contribution in [0.5, 0.6) is 5.75 Å². The van der Waals surface area contributed by atoms with Gasteiger partial charge < -0.3 is 10.5 Å². The lowest BCUT2D eigenvalue weighted by atomic mass is 9.97. The molecule has 19 heavy (non-hydrogen) atoms. The van der Waals surface area contributed by atoms with Crippen molar-refractivity contribution < 1.29 is 4.74 Å². The van der Waals surface area contributed by atoms with E-state index in [1.165, 1.54) is 5.56 Å². The maximum atomic E-state index is 6.35. The van der Waals surface area contributed by atoms with Gasteiger partial charge in [-0.15, -0.1) is 0 Å². The first-order valence-corrected chi connectivity index (χ1v) is 7.23. The summed E-state index contributed by atoms with van der Waals surface area (Å²) in [4.78, 5) is 0. The molecule has 2 unspecified atom stereocenters. The average molecular weight is 318 g/mol. The Bertz CT molecular complexity index is 611. The molecule has 0 saturated heterocycles. The fraction of sp³-hybridized carbons (Fsp3) is 0.250. The van der Waals surface area contributed by atoms with E-state index in [1.807, 2.05) is 18.2 Å². The highest BCUT2D eigenvalue weighted by molar-refractivity contribution is 9.10. The van der Waals surface area contributed by atoms with Crippen LogP contribution in [-0.2, 0) is 6.42 Å². The van der Waals surface area contributed by atoms with Crippen molar-refractivity contribution >= 4 is 15.9 Å². The van der Waals surface area contributed by atoms with Crippen LogP contribution in [0.4, 0.5) is 0 Å². The number of hydrogen-bond acceptors (Lipinski definition) is 2. The predicted molar refractivity (Wildman–Crippen MR) is 80.4 cm³/mol. The monoisotopic (exact) mass is 317 g/mol. The second kappa shape index (κ2) is 4.99. The molecule has 2 aromatic rings. The lowest BCUT2D eigenvalue weighted by Crippen LogP contribution is -2.11. The molecule has 0 spiro atoms. The molecule has 0 amide bonds. The Balaban J connectivity index is 1.93. The van der Waals surface area contributed by atoms with Crippen molar-refractivity contribution in [1.29, 1.82) is 0 Å². The molecule has 0 bridgehead atoms. The summed E-state index contributed by atoms with van der Waals surface area (Å²) in [6, 6.07) is 14.3. The number of hydrogen-bond donors (Lipinski definition) is 1. The Morgan fingerprint density at radius 2 is 2.00 bits per heavy atom. The normalized spacial score (nSPS) is 18.8. The SMILES string of the molecule is CC1Cc2cc(C(N)c3cccc(Br)c3)ccc2O1. The molecule has 1 heterocycles. The quantitative estimate of drug-likeness (QED) is 0.913. The predicted octanol–water partition coefficient (Wildman–Crippen LogP) is 3.82. The largest absolute Gasteiger partial charge is 0.490 e. The van der Waals surface area contributed by atoms with E-state index < -0.39 is 0 Å². The van der Waals surface area contributed by atoms with Gasteiger partial charge in [-0.1, -0.05) is 40.2 Å². The lowest BCUT2D eigenvalue weighted by molar-refractivity contribution is 0.254. The third-order valence-electron chi connectivity index (χ3n) is 3.49. The summed E-state index contributed by atoms with van der Waals surface area (Å²) >= 11 is 3.49. The lowest BCUT2D eigenvalue weighted by Gasteiger charge is -2.14. The van der Waals surface area contributed by atoms with Crippen LogP contribution < -0.4 is 10.5 Å². The first kappa shape index (κ1) is 12.7. The summed E-state index contributed by atoms with van der Waals surface area (Å²) < 4.78 is 6.77. The van der Waals surface area contributed by atoms with Crippen LogP contribution in [0.2, 0.25) is 0 Å². The smallest absolute Gasteiger partial charge is 0.123 e. The molecule has 1 aliphatic rings. The Morgan fingerprint density at radius 3 is 2.79 bits per heavy atom. The summed E-state index contributed by atoms with van der Waals surface area (Å²) in [5.74, 6) is 0.998. The van der Waals surface area contributed by atoms with E-state index in [1.54, 1.807) is 0 Å². The minimum atomic E-state index is -0.0984. The van der Waals surface area contributed by atoms with Crippen molar-refractivity contribution in [1.82, 2.24) is 0 Å². The van der Waals surface area contributed by atoms with Crippen molar-refractivity contribution in [3.63, 3.8) is 0 Å². The van der Waals surface area contributed by atoms with E-state index in [-0.39, 0.29) is 12.1 Å². The maximum absolute atomic E-state index is 6.35. The van der Waals surface area contributed by atoms with E-state index >= 15 is 0 Å². The topological polar surface area (TPSA) is 35.2 Å². The van der Waals surface area contributed by atoms with Crippen molar-refractivity contribution in [3.8, 4) is 5.75 Å². The third kappa shape index (κ3) is 2.53. The average Bonchev–Trinajstić information content (AvgIpc) is 2.76. The standard InChI is InChI=1S/C16H16BrNO/c1-10-7-13-8-12(5-6-15(13)19-10)16(18)11-3-2-4-14(17)9-11/h2-6,8-10,16H,7,18H2,1H3. The van der Waals surface area contributed by atoms with Gasteiger partial charge in [-0.2, -0.15) is 0 Å². The van der Waals surface area contributed by atoms with Gasteiger partial charge in [0.2, 0.25) is 0 Å². The van der Waals surface area contributed by atoms with E-state index in [4.69, 9.17) is 10.5 Å². The van der Waals surface area contributed by atoms with Crippen molar-refractivity contribution in [3.05, 3.63) is 63.6 Å². The maximum Gasteiger partial charge on any atom is 0.123 e. The molecule has 0 radical (unpaired) electrons. The Morgan fingerprint density at radius 1 is 1.21 bits per heavy atom. The Hall–Kier alpha value is -1.32. The molecule has 3 heteroatoms. The summed E-state index contributed by atoms with van der Waals surface area (Å²) in [5, 5.41) is 0. The zero-order valence-electron chi connectivity index (χ0n) is 10.8. The van der Waals surface area contributed by atoms with Gasteiger partial charge in [0.25, 0.3) is 0 Å². The zero-order valence-corrected chi connectivity index (χ0v) is 12.4. The van der Waals surface area contributed by atoms with Crippen LogP contribution >= 0.6 is 15.9 Å². The highest BCUT2D eigenvalue weighted by Gasteiger charge is 2.20. The molecular formula is C16H16BrNO. The minimum Gasteiger partial charge on any atom is -0.490 e. The summed E-state index contributed by atoms with van der Waals surface area (Å²) in [6.07, 6.45) is 1.24. The minimum absolute atomic E-state index is 0.0984. The number of ether oxygens (including phenoxy) is 1. The van der Waals surface area contributed by atoms with Crippen LogP contribution in [0.25, 0.3) is 0 Å². The first-order valence-electron chi connectivity index (χ1n) is 6.44. The molecule has 1 aliphatic heterocycles. The van der Waals surface area contributed by atoms with Gasteiger partial charge in [0, 0.05) is 10.9 Å². The highest BCUT2D eigenvalue weighted by atomic mass is 79.9. The van der Waals surface area contributed by atoms with Crippen molar-refractivity contribution in [2.45, 2.75) is 25.5 Å². The molecule has 2 aromatic carbocycles. The van der Waals surface area contributed by atoms with Crippen molar-refractivity contribution in [2.24, 2.45) is 5.73 Å². The first-order chi connectivity index (χ1) is 9.13. The molecule has 0 aliphatic carbocycles. The summed E-state index contributed by atoms with van der Waals surface area (Å²) in [7, 11) is 0. The molecule has 2 atom stereocenters. The van der Waals surface area contributed by atoms with Crippen LogP contribution in [0, 0.1) is 0 Å². The molecule has 98 valence electrons. The number of nitrogens with two attached hydrogens (primary N) is 1. The second-order valence-electron chi connectivity index (χ2n) is 5.03. The molecule has 2 N–H and O–H groups in total. The molecular weight excluding hydrogens is 302 g/mol. The van der Waals surface area contributed by atoms with E-state index in [2.05, 4.69) is 47.1 Å². The molecule has 0 aromatic heterocycles. The van der Waals surface area contributed by atoms with Crippen LogP contribution in [0.15, 0.2) is 46.9 Å². The molecule has 2 nitrogen and oxygen atoms in total. The second-order valence-corrected chi connectivity index (χ2v) is 5.95. The van der Waals surface area contributed by atoms with Gasteiger partial charge in [0.05, 0.1) is 6.04 Å². The number of benzene rings is 2. The Kier molecular flexibility index (Phi) is 3.33. The number of fused-ring (bicyclic) bond motifs is 1. The molecule has 3 rings (SSSR count). The van der Waals surface area contributed by atoms with Gasteiger partial charge in [0.1, 0.15) is 11.9 Å². The van der Waals surface area contributed by atoms with E-state index in [0.29, 0.717) is 0 Å². The van der Waals surface area contributed by atoms with E-state index in [0.717, 1.165) is 27.8 Å². The number of halogens is 1. The van der Waals surface area contributed by atoms with Crippen LogP contribution in [0.3, 0.4) is 0 Å². The Labute approximate surface area is 121 Å². The van der Waals surface area contributed by atoms with Gasteiger partial charge in [-0.05, 0) is 41.8 Å². The summed E-state index contributed by atoms with van der Waals surface area (Å²) in [6.45, 7) is 2.09. The van der Waals surface area contributed by atoms with Gasteiger partial charge >= 0.3 is 0 Å². The molecule has 0 fully saturated rings.